The third kappa shape index (κ3) is 3.22. The number of aryl methyl sites for hydroxylation is 1. The Morgan fingerprint density at radius 2 is 2.05 bits per heavy atom. The Morgan fingerprint density at radius 3 is 2.67 bits per heavy atom. The van der Waals surface area contributed by atoms with Gasteiger partial charge in [0.25, 0.3) is 0 Å². The first-order chi connectivity index (χ1) is 10.00. The first-order valence-electron chi connectivity index (χ1n) is 6.96. The number of nitrogens with one attached hydrogen (secondary N) is 2. The molecule has 1 aromatic carbocycles. The molecular weight excluding hydrogens is 278 g/mol. The van der Waals surface area contributed by atoms with Crippen LogP contribution in [0.1, 0.15) is 18.4 Å². The number of carbonyl (C=O) groups is 1. The van der Waals surface area contributed by atoms with Crippen molar-refractivity contribution in [2.75, 3.05) is 32.1 Å². The summed E-state index contributed by atoms with van der Waals surface area (Å²) in [5, 5.41) is 5.58. The van der Waals surface area contributed by atoms with E-state index in [-0.39, 0.29) is 17.9 Å². The quantitative estimate of drug-likeness (QED) is 0.896. The average Bonchev–Trinajstić information content (AvgIpc) is 2.48. The molecule has 1 fully saturated rings. The summed E-state index contributed by atoms with van der Waals surface area (Å²) < 4.78 is 32.9. The van der Waals surface area contributed by atoms with Crippen LogP contribution in [0.25, 0.3) is 0 Å². The van der Waals surface area contributed by atoms with Gasteiger partial charge in [-0.15, -0.1) is 0 Å². The highest BCUT2D eigenvalue weighted by Crippen LogP contribution is 2.32. The summed E-state index contributed by atoms with van der Waals surface area (Å²) in [7, 11) is 1.52. The van der Waals surface area contributed by atoms with Crippen molar-refractivity contribution < 1.29 is 18.3 Å². The lowest BCUT2D eigenvalue weighted by Gasteiger charge is -2.35. The van der Waals surface area contributed by atoms with Crippen LogP contribution in [0.2, 0.25) is 0 Å². The molecule has 1 aliphatic heterocycles. The van der Waals surface area contributed by atoms with Gasteiger partial charge in [-0.1, -0.05) is 6.07 Å². The molecule has 1 saturated heterocycles. The molecule has 21 heavy (non-hydrogen) atoms. The van der Waals surface area contributed by atoms with E-state index in [9.17, 15) is 13.6 Å². The molecule has 1 aliphatic rings. The Hall–Kier alpha value is -1.53. The summed E-state index contributed by atoms with van der Waals surface area (Å²) in [5.74, 6) is -1.90. The van der Waals surface area contributed by atoms with Crippen LogP contribution in [0.5, 0.6) is 0 Å². The van der Waals surface area contributed by atoms with Crippen molar-refractivity contribution in [3.8, 4) is 0 Å². The number of halogens is 2. The maximum absolute atomic E-state index is 14.0. The van der Waals surface area contributed by atoms with Crippen LogP contribution in [0.3, 0.4) is 0 Å². The number of rotatable bonds is 4. The van der Waals surface area contributed by atoms with E-state index in [1.54, 1.807) is 0 Å². The molecule has 2 rings (SSSR count). The van der Waals surface area contributed by atoms with Crippen LogP contribution >= 0.6 is 0 Å². The minimum absolute atomic E-state index is 0.232. The molecule has 4 nitrogen and oxygen atoms in total. The molecule has 6 heteroatoms. The van der Waals surface area contributed by atoms with Crippen molar-refractivity contribution in [1.29, 1.82) is 0 Å². The molecule has 1 heterocycles. The molecule has 1 amide bonds. The number of anilines is 1. The first kappa shape index (κ1) is 15.9. The predicted octanol–water partition coefficient (Wildman–Crippen LogP) is 2.23. The fourth-order valence-corrected chi connectivity index (χ4v) is 2.64. The zero-order valence-electron chi connectivity index (χ0n) is 12.3. The molecule has 0 bridgehead atoms. The molecule has 0 radical (unpaired) electrons. The van der Waals surface area contributed by atoms with Crippen molar-refractivity contribution >= 4 is 11.6 Å². The highest BCUT2D eigenvalue weighted by Gasteiger charge is 2.40. The zero-order valence-corrected chi connectivity index (χ0v) is 12.3. The summed E-state index contributed by atoms with van der Waals surface area (Å²) in [5.41, 5.74) is -0.838. The van der Waals surface area contributed by atoms with Crippen LogP contribution in [-0.4, -0.2) is 32.7 Å². The lowest BCUT2D eigenvalue weighted by molar-refractivity contribution is -0.130. The van der Waals surface area contributed by atoms with E-state index in [2.05, 4.69) is 10.6 Å². The average molecular weight is 298 g/mol. The number of methoxy groups -OCH3 is 1. The SMILES string of the molecule is COCC1(C(=O)Nc2c(F)ccc(C)c2F)CCNCC1. The predicted molar refractivity (Wildman–Crippen MR) is 76.1 cm³/mol. The van der Waals surface area contributed by atoms with Gasteiger partial charge in [-0.25, -0.2) is 8.78 Å². The van der Waals surface area contributed by atoms with Crippen molar-refractivity contribution in [2.45, 2.75) is 19.8 Å². The maximum atomic E-state index is 14.0. The Bertz CT molecular complexity index is 523. The van der Waals surface area contributed by atoms with Gasteiger partial charge in [0.2, 0.25) is 5.91 Å². The van der Waals surface area contributed by atoms with E-state index >= 15 is 0 Å². The zero-order chi connectivity index (χ0) is 15.5. The maximum Gasteiger partial charge on any atom is 0.233 e. The number of ether oxygens (including phenoxy) is 1. The smallest absolute Gasteiger partial charge is 0.233 e. The van der Waals surface area contributed by atoms with Crippen molar-refractivity contribution in [1.82, 2.24) is 5.32 Å². The molecule has 0 aromatic heterocycles. The van der Waals surface area contributed by atoms with Gasteiger partial charge < -0.3 is 15.4 Å². The molecule has 0 unspecified atom stereocenters. The third-order valence-electron chi connectivity index (χ3n) is 3.99. The number of benzene rings is 1. The molecule has 116 valence electrons. The van der Waals surface area contributed by atoms with Crippen LogP contribution in [0, 0.1) is 24.0 Å². The topological polar surface area (TPSA) is 50.4 Å². The lowest BCUT2D eigenvalue weighted by atomic mass is 9.78. The summed E-state index contributed by atoms with van der Waals surface area (Å²) in [4.78, 5) is 12.5. The van der Waals surface area contributed by atoms with Gasteiger partial charge in [0.1, 0.15) is 11.5 Å². The monoisotopic (exact) mass is 298 g/mol. The lowest BCUT2D eigenvalue weighted by Crippen LogP contribution is -2.47. The van der Waals surface area contributed by atoms with Gasteiger partial charge in [-0.05, 0) is 44.5 Å². The molecule has 0 saturated carbocycles. The minimum Gasteiger partial charge on any atom is -0.384 e. The molecule has 1 aromatic rings. The Labute approximate surface area is 122 Å². The fraction of sp³-hybridized carbons (Fsp3) is 0.533. The van der Waals surface area contributed by atoms with E-state index < -0.39 is 23.0 Å². The minimum atomic E-state index is -0.770. The Morgan fingerprint density at radius 1 is 1.38 bits per heavy atom. The Kier molecular flexibility index (Phi) is 4.90. The van der Waals surface area contributed by atoms with Crippen molar-refractivity contribution in [3.05, 3.63) is 29.3 Å². The summed E-state index contributed by atoms with van der Waals surface area (Å²) >= 11 is 0. The summed E-state index contributed by atoms with van der Waals surface area (Å²) in [6, 6.07) is 2.50. The molecule has 2 N–H and O–H groups in total. The standard InChI is InChI=1S/C15H20F2N2O2/c1-10-3-4-11(16)13(12(10)17)19-14(20)15(9-21-2)5-7-18-8-6-15/h3-4,18H,5-9H2,1-2H3,(H,19,20). The number of amides is 1. The van der Waals surface area contributed by atoms with Crippen molar-refractivity contribution in [3.63, 3.8) is 0 Å². The second-order valence-corrected chi connectivity index (χ2v) is 5.47. The van der Waals surface area contributed by atoms with Crippen LogP contribution in [0.4, 0.5) is 14.5 Å². The number of hydrogen-bond acceptors (Lipinski definition) is 3. The van der Waals surface area contributed by atoms with E-state index in [4.69, 9.17) is 4.74 Å². The van der Waals surface area contributed by atoms with Gasteiger partial charge in [0, 0.05) is 7.11 Å². The van der Waals surface area contributed by atoms with E-state index in [1.807, 2.05) is 0 Å². The Balaban J connectivity index is 2.25. The molecule has 0 aliphatic carbocycles. The first-order valence-corrected chi connectivity index (χ1v) is 6.96. The van der Waals surface area contributed by atoms with Gasteiger partial charge in [0.05, 0.1) is 12.0 Å². The highest BCUT2D eigenvalue weighted by molar-refractivity contribution is 5.95. The van der Waals surface area contributed by atoms with Crippen LogP contribution in [-0.2, 0) is 9.53 Å². The van der Waals surface area contributed by atoms with Gasteiger partial charge in [0.15, 0.2) is 5.82 Å². The number of piperidine rings is 1. The molecule has 0 spiro atoms. The van der Waals surface area contributed by atoms with E-state index in [0.29, 0.717) is 25.9 Å². The van der Waals surface area contributed by atoms with E-state index in [0.717, 1.165) is 6.07 Å². The number of carbonyl (C=O) groups excluding carboxylic acids is 1. The summed E-state index contributed by atoms with van der Waals surface area (Å²) in [6.45, 7) is 3.11. The molecular formula is C15H20F2N2O2. The van der Waals surface area contributed by atoms with Gasteiger partial charge in [-0.2, -0.15) is 0 Å². The van der Waals surface area contributed by atoms with Crippen LogP contribution in [0.15, 0.2) is 12.1 Å². The second-order valence-electron chi connectivity index (χ2n) is 5.47. The second kappa shape index (κ2) is 6.49. The highest BCUT2D eigenvalue weighted by atomic mass is 19.1. The fourth-order valence-electron chi connectivity index (χ4n) is 2.64. The van der Waals surface area contributed by atoms with Crippen LogP contribution < -0.4 is 10.6 Å². The van der Waals surface area contributed by atoms with Gasteiger partial charge >= 0.3 is 0 Å². The third-order valence-corrected chi connectivity index (χ3v) is 3.99. The largest absolute Gasteiger partial charge is 0.384 e. The normalized spacial score (nSPS) is 17.5. The summed E-state index contributed by atoms with van der Waals surface area (Å²) in [6.07, 6.45) is 1.14. The van der Waals surface area contributed by atoms with Gasteiger partial charge in [-0.3, -0.25) is 4.79 Å². The van der Waals surface area contributed by atoms with E-state index in [1.165, 1.54) is 20.1 Å². The van der Waals surface area contributed by atoms with Crippen molar-refractivity contribution in [2.24, 2.45) is 5.41 Å². The number of hydrogen-bond donors (Lipinski definition) is 2. The molecule has 0 atom stereocenters.